The van der Waals surface area contributed by atoms with Crippen LogP contribution in [0.5, 0.6) is 0 Å². The van der Waals surface area contributed by atoms with Crippen molar-refractivity contribution in [2.45, 2.75) is 26.4 Å². The van der Waals surface area contributed by atoms with Gasteiger partial charge < -0.3 is 19.9 Å². The molecule has 2 aromatic heterocycles. The van der Waals surface area contributed by atoms with Gasteiger partial charge in [-0.15, -0.1) is 0 Å². The van der Waals surface area contributed by atoms with Gasteiger partial charge in [-0.3, -0.25) is 9.67 Å². The molecule has 1 aliphatic rings. The van der Waals surface area contributed by atoms with E-state index in [1.807, 2.05) is 24.1 Å². The second-order valence-electron chi connectivity index (χ2n) is 7.55. The highest BCUT2D eigenvalue weighted by Crippen LogP contribution is 2.23. The number of aromatic nitrogens is 3. The van der Waals surface area contributed by atoms with Crippen LogP contribution in [0.2, 0.25) is 0 Å². The van der Waals surface area contributed by atoms with Gasteiger partial charge in [0.25, 0.3) is 0 Å². The number of H-pyrrole nitrogens is 1. The molecule has 1 unspecified atom stereocenters. The van der Waals surface area contributed by atoms with Crippen molar-refractivity contribution in [2.24, 2.45) is 12.0 Å². The number of nitrogens with one attached hydrogen (secondary N) is 2. The highest BCUT2D eigenvalue weighted by molar-refractivity contribution is 5.86. The van der Waals surface area contributed by atoms with Crippen LogP contribution in [0.4, 0.5) is 0 Å². The maximum atomic E-state index is 5.98. The average molecular weight is 395 g/mol. The Morgan fingerprint density at radius 1 is 1.41 bits per heavy atom. The van der Waals surface area contributed by atoms with Gasteiger partial charge >= 0.3 is 0 Å². The third-order valence-corrected chi connectivity index (χ3v) is 5.45. The third kappa shape index (κ3) is 4.29. The summed E-state index contributed by atoms with van der Waals surface area (Å²) in [4.78, 5) is 10.6. The molecule has 1 aliphatic heterocycles. The molecule has 2 N–H and O–H groups in total. The number of hydrogen-bond acceptors (Lipinski definition) is 3. The first-order valence-corrected chi connectivity index (χ1v) is 10.3. The summed E-state index contributed by atoms with van der Waals surface area (Å²) in [6.45, 7) is 8.15. The summed E-state index contributed by atoms with van der Waals surface area (Å²) in [6, 6.07) is 6.44. The summed E-state index contributed by atoms with van der Waals surface area (Å²) in [7, 11) is 1.93. The number of benzene rings is 1. The van der Waals surface area contributed by atoms with Crippen molar-refractivity contribution >= 4 is 16.9 Å². The number of rotatable bonds is 5. The zero-order chi connectivity index (χ0) is 20.2. The number of guanidine groups is 1. The van der Waals surface area contributed by atoms with E-state index in [1.165, 1.54) is 22.0 Å². The minimum absolute atomic E-state index is 0.0258. The molecule has 0 radical (unpaired) electrons. The molecule has 4 rings (SSSR count). The van der Waals surface area contributed by atoms with Crippen LogP contribution in [0.25, 0.3) is 10.9 Å². The van der Waals surface area contributed by atoms with Crippen molar-refractivity contribution in [3.8, 4) is 0 Å². The Bertz CT molecular complexity index is 988. The van der Waals surface area contributed by atoms with Crippen LogP contribution in [0.3, 0.4) is 0 Å². The van der Waals surface area contributed by atoms with E-state index in [0.717, 1.165) is 44.1 Å². The molecular weight excluding hydrogens is 364 g/mol. The average Bonchev–Trinajstić information content (AvgIpc) is 3.35. The van der Waals surface area contributed by atoms with Gasteiger partial charge in [0.1, 0.15) is 6.10 Å². The Morgan fingerprint density at radius 3 is 3.10 bits per heavy atom. The van der Waals surface area contributed by atoms with Crippen molar-refractivity contribution in [1.82, 2.24) is 25.0 Å². The summed E-state index contributed by atoms with van der Waals surface area (Å²) < 4.78 is 7.80. The first-order chi connectivity index (χ1) is 14.2. The van der Waals surface area contributed by atoms with Crippen LogP contribution in [-0.2, 0) is 18.2 Å². The number of aromatic amines is 1. The van der Waals surface area contributed by atoms with E-state index < -0.39 is 0 Å². The Balaban J connectivity index is 1.45. The molecule has 1 aromatic carbocycles. The molecule has 1 saturated heterocycles. The largest absolute Gasteiger partial charge is 0.370 e. The minimum Gasteiger partial charge on any atom is -0.370 e. The molecule has 0 bridgehead atoms. The molecule has 0 spiro atoms. The van der Waals surface area contributed by atoms with Crippen molar-refractivity contribution in [1.29, 1.82) is 0 Å². The quantitative estimate of drug-likeness (QED) is 0.516. The normalized spacial score (nSPS) is 17.8. The van der Waals surface area contributed by atoms with Gasteiger partial charge in [-0.2, -0.15) is 5.10 Å². The first kappa shape index (κ1) is 19.5. The maximum Gasteiger partial charge on any atom is 0.194 e. The SMILES string of the molecule is CCNC(=NCCc1c[nH]c2c(C)cccc12)N1CCOC(c2cnn(C)c2)C1. The fraction of sp³-hybridized carbons (Fsp3) is 0.455. The fourth-order valence-electron chi connectivity index (χ4n) is 3.93. The number of para-hydroxylation sites is 1. The standard InChI is InChI=1S/C22H30N6O/c1-4-23-22(28-10-11-29-20(15-28)18-13-26-27(3)14-18)24-9-8-17-12-25-21-16(2)6-5-7-19(17)21/h5-7,12-14,20,25H,4,8-11,15H2,1-3H3,(H,23,24). The Morgan fingerprint density at radius 2 is 2.31 bits per heavy atom. The van der Waals surface area contributed by atoms with Crippen molar-refractivity contribution in [2.75, 3.05) is 32.8 Å². The van der Waals surface area contributed by atoms with E-state index in [9.17, 15) is 0 Å². The first-order valence-electron chi connectivity index (χ1n) is 10.3. The van der Waals surface area contributed by atoms with Gasteiger partial charge in [-0.25, -0.2) is 0 Å². The van der Waals surface area contributed by atoms with Gasteiger partial charge in [0.05, 0.1) is 19.3 Å². The zero-order valence-electron chi connectivity index (χ0n) is 17.5. The second-order valence-corrected chi connectivity index (χ2v) is 7.55. The Hall–Kier alpha value is -2.80. The summed E-state index contributed by atoms with van der Waals surface area (Å²) in [5.41, 5.74) is 4.94. The van der Waals surface area contributed by atoms with Crippen LogP contribution in [0, 0.1) is 6.92 Å². The molecule has 29 heavy (non-hydrogen) atoms. The number of morpholine rings is 1. The molecular formula is C22H30N6O. The van der Waals surface area contributed by atoms with Gasteiger partial charge in [0, 0.05) is 55.5 Å². The number of nitrogens with zero attached hydrogens (tertiary/aromatic N) is 4. The molecule has 7 heteroatoms. The van der Waals surface area contributed by atoms with Crippen LogP contribution in [-0.4, -0.2) is 58.4 Å². The van der Waals surface area contributed by atoms with Crippen molar-refractivity contribution in [3.05, 3.63) is 53.5 Å². The van der Waals surface area contributed by atoms with Gasteiger partial charge in [0.2, 0.25) is 0 Å². The lowest BCUT2D eigenvalue weighted by Gasteiger charge is -2.34. The van der Waals surface area contributed by atoms with Crippen molar-refractivity contribution < 1.29 is 4.74 Å². The number of hydrogen-bond donors (Lipinski definition) is 2. The minimum atomic E-state index is 0.0258. The molecule has 1 fully saturated rings. The third-order valence-electron chi connectivity index (χ3n) is 5.45. The smallest absolute Gasteiger partial charge is 0.194 e. The molecule has 0 aliphatic carbocycles. The van der Waals surface area contributed by atoms with Crippen LogP contribution >= 0.6 is 0 Å². The van der Waals surface area contributed by atoms with Gasteiger partial charge in [-0.05, 0) is 31.4 Å². The molecule has 1 atom stereocenters. The highest BCUT2D eigenvalue weighted by Gasteiger charge is 2.25. The molecule has 154 valence electrons. The zero-order valence-corrected chi connectivity index (χ0v) is 17.5. The summed E-state index contributed by atoms with van der Waals surface area (Å²) >= 11 is 0. The lowest BCUT2D eigenvalue weighted by atomic mass is 10.1. The summed E-state index contributed by atoms with van der Waals surface area (Å²) in [5, 5.41) is 9.02. The Kier molecular flexibility index (Phi) is 5.85. The van der Waals surface area contributed by atoms with E-state index in [1.54, 1.807) is 0 Å². The molecule has 7 nitrogen and oxygen atoms in total. The topological polar surface area (TPSA) is 70.5 Å². The highest BCUT2D eigenvalue weighted by atomic mass is 16.5. The molecule has 0 amide bonds. The predicted molar refractivity (Wildman–Crippen MR) is 116 cm³/mol. The molecule has 0 saturated carbocycles. The van der Waals surface area contributed by atoms with Gasteiger partial charge in [-0.1, -0.05) is 18.2 Å². The van der Waals surface area contributed by atoms with E-state index in [4.69, 9.17) is 9.73 Å². The lowest BCUT2D eigenvalue weighted by molar-refractivity contribution is -0.00803. The van der Waals surface area contributed by atoms with E-state index in [2.05, 4.69) is 58.5 Å². The summed E-state index contributed by atoms with van der Waals surface area (Å²) in [5.74, 6) is 0.959. The number of aliphatic imine (C=N–C) groups is 1. The Labute approximate surface area is 171 Å². The van der Waals surface area contributed by atoms with Crippen molar-refractivity contribution in [3.63, 3.8) is 0 Å². The maximum absolute atomic E-state index is 5.98. The molecule has 3 heterocycles. The summed E-state index contributed by atoms with van der Waals surface area (Å²) in [6.07, 6.45) is 6.97. The van der Waals surface area contributed by atoms with E-state index in [0.29, 0.717) is 6.61 Å². The number of aryl methyl sites for hydroxylation is 2. The van der Waals surface area contributed by atoms with Crippen LogP contribution in [0.15, 0.2) is 41.8 Å². The number of ether oxygens (including phenoxy) is 1. The van der Waals surface area contributed by atoms with Crippen LogP contribution < -0.4 is 5.32 Å². The fourth-order valence-corrected chi connectivity index (χ4v) is 3.93. The van der Waals surface area contributed by atoms with Crippen LogP contribution in [0.1, 0.15) is 29.7 Å². The number of fused-ring (bicyclic) bond motifs is 1. The lowest BCUT2D eigenvalue weighted by Crippen LogP contribution is -2.48. The monoisotopic (exact) mass is 394 g/mol. The van der Waals surface area contributed by atoms with E-state index >= 15 is 0 Å². The van der Waals surface area contributed by atoms with Gasteiger partial charge in [0.15, 0.2) is 5.96 Å². The van der Waals surface area contributed by atoms with E-state index in [-0.39, 0.29) is 6.10 Å². The predicted octanol–water partition coefficient (Wildman–Crippen LogP) is 2.79. The molecule has 3 aromatic rings. The second kappa shape index (κ2) is 8.69.